The summed E-state index contributed by atoms with van der Waals surface area (Å²) in [5, 5.41) is 7.41. The molecule has 0 amide bonds. The van der Waals surface area contributed by atoms with Crippen molar-refractivity contribution < 1.29 is 9.53 Å². The lowest BCUT2D eigenvalue weighted by Crippen LogP contribution is -2.52. The number of H-pyrrole nitrogens is 1. The number of nitrogens with two attached hydrogens (primary N) is 1. The zero-order valence-electron chi connectivity index (χ0n) is 11.1. The highest BCUT2D eigenvalue weighted by molar-refractivity contribution is 7.99. The highest BCUT2D eigenvalue weighted by Gasteiger charge is 2.46. The fourth-order valence-corrected chi connectivity index (χ4v) is 3.44. The summed E-state index contributed by atoms with van der Waals surface area (Å²) in [4.78, 5) is 16.0. The van der Waals surface area contributed by atoms with E-state index < -0.39 is 5.54 Å². The van der Waals surface area contributed by atoms with Gasteiger partial charge in [0.1, 0.15) is 11.9 Å². The van der Waals surface area contributed by atoms with E-state index in [-0.39, 0.29) is 11.9 Å². The van der Waals surface area contributed by atoms with Gasteiger partial charge in [-0.2, -0.15) is 5.10 Å². The maximum absolute atomic E-state index is 12.0. The second kappa shape index (κ2) is 6.38. The molecule has 1 aliphatic rings. The van der Waals surface area contributed by atoms with Gasteiger partial charge in [-0.3, -0.25) is 9.89 Å². The average molecular weight is 284 g/mol. The molecule has 1 aromatic rings. The van der Waals surface area contributed by atoms with Crippen LogP contribution in [0.2, 0.25) is 0 Å². The van der Waals surface area contributed by atoms with E-state index >= 15 is 0 Å². The molecule has 0 aliphatic heterocycles. The largest absolute Gasteiger partial charge is 0.465 e. The first-order valence-electron chi connectivity index (χ1n) is 6.61. The minimum absolute atomic E-state index is 0.196. The van der Waals surface area contributed by atoms with Gasteiger partial charge in [-0.15, -0.1) is 0 Å². The van der Waals surface area contributed by atoms with E-state index in [0.29, 0.717) is 6.61 Å². The monoisotopic (exact) mass is 284 g/mol. The number of esters is 1. The molecule has 1 fully saturated rings. The van der Waals surface area contributed by atoms with Crippen molar-refractivity contribution in [1.82, 2.24) is 15.2 Å². The van der Waals surface area contributed by atoms with Gasteiger partial charge in [0.15, 0.2) is 5.16 Å². The van der Waals surface area contributed by atoms with E-state index in [1.54, 1.807) is 11.8 Å². The van der Waals surface area contributed by atoms with Crippen LogP contribution >= 0.6 is 11.8 Å². The molecule has 2 atom stereocenters. The van der Waals surface area contributed by atoms with Crippen molar-refractivity contribution in [2.45, 2.75) is 43.3 Å². The first-order valence-corrected chi connectivity index (χ1v) is 7.59. The van der Waals surface area contributed by atoms with Crippen LogP contribution < -0.4 is 5.73 Å². The molecule has 2 rings (SSSR count). The predicted octanol–water partition coefficient (Wildman–Crippen LogP) is 1.35. The van der Waals surface area contributed by atoms with Gasteiger partial charge in [-0.25, -0.2) is 4.98 Å². The van der Waals surface area contributed by atoms with Crippen molar-refractivity contribution in [2.24, 2.45) is 11.7 Å². The Labute approximate surface area is 116 Å². The molecule has 0 radical (unpaired) electrons. The van der Waals surface area contributed by atoms with Gasteiger partial charge in [0.2, 0.25) is 0 Å². The number of nitrogens with one attached hydrogen (secondary N) is 1. The van der Waals surface area contributed by atoms with Crippen LogP contribution in [0.3, 0.4) is 0 Å². The van der Waals surface area contributed by atoms with E-state index in [9.17, 15) is 4.79 Å². The van der Waals surface area contributed by atoms with E-state index in [2.05, 4.69) is 15.2 Å². The van der Waals surface area contributed by atoms with Crippen LogP contribution in [-0.2, 0) is 9.53 Å². The third-order valence-electron chi connectivity index (χ3n) is 3.63. The van der Waals surface area contributed by atoms with Gasteiger partial charge in [-0.1, -0.05) is 18.2 Å². The van der Waals surface area contributed by atoms with Gasteiger partial charge in [0, 0.05) is 5.75 Å². The third-order valence-corrected chi connectivity index (χ3v) is 4.53. The highest BCUT2D eigenvalue weighted by Crippen LogP contribution is 2.38. The fourth-order valence-electron chi connectivity index (χ4n) is 2.60. The number of thioether (sulfide) groups is 1. The lowest BCUT2D eigenvalue weighted by atomic mass is 9.86. The summed E-state index contributed by atoms with van der Waals surface area (Å²) in [6.45, 7) is 2.20. The first-order chi connectivity index (χ1) is 9.16. The average Bonchev–Trinajstić information content (AvgIpc) is 3.01. The summed E-state index contributed by atoms with van der Waals surface area (Å²) >= 11 is 1.60. The standard InChI is InChI=1S/C12H20N4O2S/c1-2-18-10(17)12(13)6-3-4-9(12)5-7-19-11-14-8-15-16-11/h8-9H,2-7,13H2,1H3,(H,14,15,16). The number of carbonyl (C=O) groups excluding carboxylic acids is 1. The molecule has 0 aromatic carbocycles. The Balaban J connectivity index is 1.86. The first kappa shape index (κ1) is 14.3. The number of aromatic amines is 1. The molecule has 0 bridgehead atoms. The van der Waals surface area contributed by atoms with Crippen LogP contribution in [-0.4, -0.2) is 39.0 Å². The summed E-state index contributed by atoms with van der Waals surface area (Å²) in [6.07, 6.45) is 5.09. The number of ether oxygens (including phenoxy) is 1. The minimum Gasteiger partial charge on any atom is -0.465 e. The normalized spacial score (nSPS) is 26.5. The zero-order valence-corrected chi connectivity index (χ0v) is 11.9. The molecule has 1 heterocycles. The predicted molar refractivity (Wildman–Crippen MR) is 72.6 cm³/mol. The van der Waals surface area contributed by atoms with Crippen LogP contribution in [0, 0.1) is 5.92 Å². The summed E-state index contributed by atoms with van der Waals surface area (Å²) in [7, 11) is 0. The Morgan fingerprint density at radius 2 is 2.58 bits per heavy atom. The molecule has 1 saturated carbocycles. The van der Waals surface area contributed by atoms with Crippen molar-refractivity contribution in [1.29, 1.82) is 0 Å². The van der Waals surface area contributed by atoms with Crippen molar-refractivity contribution in [3.8, 4) is 0 Å². The van der Waals surface area contributed by atoms with Gasteiger partial charge >= 0.3 is 5.97 Å². The third kappa shape index (κ3) is 3.27. The summed E-state index contributed by atoms with van der Waals surface area (Å²) in [5.74, 6) is 0.822. The molecular formula is C12H20N4O2S. The Morgan fingerprint density at radius 1 is 1.74 bits per heavy atom. The molecule has 0 spiro atoms. The molecule has 0 saturated heterocycles. The number of aromatic nitrogens is 3. The lowest BCUT2D eigenvalue weighted by molar-refractivity contribution is -0.151. The molecule has 3 N–H and O–H groups in total. The second-order valence-corrected chi connectivity index (χ2v) is 5.86. The molecule has 106 valence electrons. The molecule has 1 aliphatic carbocycles. The van der Waals surface area contributed by atoms with Gasteiger partial charge in [-0.05, 0) is 32.1 Å². The molecule has 1 aromatic heterocycles. The second-order valence-electron chi connectivity index (χ2n) is 4.78. The maximum atomic E-state index is 12.0. The van der Waals surface area contributed by atoms with Gasteiger partial charge in [0.05, 0.1) is 6.61 Å². The number of hydrogen-bond donors (Lipinski definition) is 2. The van der Waals surface area contributed by atoms with Crippen LogP contribution in [0.25, 0.3) is 0 Å². The lowest BCUT2D eigenvalue weighted by Gasteiger charge is -2.28. The molecular weight excluding hydrogens is 264 g/mol. The van der Waals surface area contributed by atoms with E-state index in [0.717, 1.165) is 36.6 Å². The SMILES string of the molecule is CCOC(=O)C1(N)CCCC1CCSc1ncn[nH]1. The van der Waals surface area contributed by atoms with E-state index in [4.69, 9.17) is 10.5 Å². The Kier molecular flexibility index (Phi) is 4.81. The number of nitrogens with zero attached hydrogens (tertiary/aromatic N) is 2. The Bertz CT molecular complexity index is 412. The van der Waals surface area contributed by atoms with Crippen molar-refractivity contribution in [3.05, 3.63) is 6.33 Å². The zero-order chi connectivity index (χ0) is 13.7. The molecule has 19 heavy (non-hydrogen) atoms. The smallest absolute Gasteiger partial charge is 0.326 e. The quantitative estimate of drug-likeness (QED) is 0.605. The number of hydrogen-bond acceptors (Lipinski definition) is 6. The topological polar surface area (TPSA) is 93.9 Å². The Morgan fingerprint density at radius 3 is 3.26 bits per heavy atom. The van der Waals surface area contributed by atoms with E-state index in [1.165, 1.54) is 6.33 Å². The highest BCUT2D eigenvalue weighted by atomic mass is 32.2. The van der Waals surface area contributed by atoms with Crippen LogP contribution in [0.1, 0.15) is 32.6 Å². The maximum Gasteiger partial charge on any atom is 0.326 e. The summed E-state index contributed by atoms with van der Waals surface area (Å²) in [5.41, 5.74) is 5.48. The van der Waals surface area contributed by atoms with Crippen LogP contribution in [0.5, 0.6) is 0 Å². The van der Waals surface area contributed by atoms with Gasteiger partial charge in [0.25, 0.3) is 0 Å². The molecule has 2 unspecified atom stereocenters. The Hall–Kier alpha value is -1.08. The fraction of sp³-hybridized carbons (Fsp3) is 0.750. The number of rotatable bonds is 6. The number of carbonyl (C=O) groups is 1. The molecule has 7 heteroatoms. The van der Waals surface area contributed by atoms with Crippen LogP contribution in [0.15, 0.2) is 11.5 Å². The van der Waals surface area contributed by atoms with Crippen LogP contribution in [0.4, 0.5) is 0 Å². The van der Waals surface area contributed by atoms with Gasteiger partial charge < -0.3 is 10.5 Å². The van der Waals surface area contributed by atoms with Crippen molar-refractivity contribution in [3.63, 3.8) is 0 Å². The summed E-state index contributed by atoms with van der Waals surface area (Å²) < 4.78 is 5.11. The summed E-state index contributed by atoms with van der Waals surface area (Å²) in [6, 6.07) is 0. The van der Waals surface area contributed by atoms with Crippen molar-refractivity contribution >= 4 is 17.7 Å². The van der Waals surface area contributed by atoms with E-state index in [1.807, 2.05) is 6.92 Å². The minimum atomic E-state index is -0.794. The van der Waals surface area contributed by atoms with Crippen molar-refractivity contribution in [2.75, 3.05) is 12.4 Å². The molecule has 6 nitrogen and oxygen atoms in total.